The molecule has 210 valence electrons. The fraction of sp³-hybridized carbons (Fsp3) is 0.600. The molecule has 3 atom stereocenters. The molecule has 1 unspecified atom stereocenters. The first kappa shape index (κ1) is 28.9. The van der Waals surface area contributed by atoms with E-state index in [-0.39, 0.29) is 18.5 Å². The summed E-state index contributed by atoms with van der Waals surface area (Å²) in [5, 5.41) is 7.03. The van der Waals surface area contributed by atoms with Crippen molar-refractivity contribution in [1.29, 1.82) is 0 Å². The van der Waals surface area contributed by atoms with Crippen LogP contribution >= 0.6 is 11.6 Å². The zero-order valence-electron chi connectivity index (χ0n) is 21.6. The van der Waals surface area contributed by atoms with E-state index in [2.05, 4.69) is 25.3 Å². The predicted molar refractivity (Wildman–Crippen MR) is 146 cm³/mol. The van der Waals surface area contributed by atoms with Gasteiger partial charge in [-0.1, -0.05) is 24.4 Å². The molecule has 4 N–H and O–H groups in total. The summed E-state index contributed by atoms with van der Waals surface area (Å²) in [5.41, 5.74) is 2.83. The second-order valence-electron chi connectivity index (χ2n) is 10.1. The fourth-order valence-electron chi connectivity index (χ4n) is 5.26. The maximum atomic E-state index is 13.6. The summed E-state index contributed by atoms with van der Waals surface area (Å²) < 4.78 is 55.6. The number of nitrogens with zero attached hydrogens (tertiary/aromatic N) is 3. The molecule has 1 aromatic heterocycles. The van der Waals surface area contributed by atoms with Gasteiger partial charge in [-0.25, -0.2) is 22.7 Å². The average Bonchev–Trinajstić information content (AvgIpc) is 3.05. The number of benzene rings is 1. The van der Waals surface area contributed by atoms with E-state index < -0.39 is 17.2 Å². The number of nitrogens with one attached hydrogen (secondary N) is 3. The Morgan fingerprint density at radius 3 is 2.63 bits per heavy atom. The van der Waals surface area contributed by atoms with Gasteiger partial charge in [-0.2, -0.15) is 4.98 Å². The minimum Gasteiger partial charge on any atom is -0.495 e. The van der Waals surface area contributed by atoms with Crippen LogP contribution in [0, 0.1) is 5.92 Å². The highest BCUT2D eigenvalue weighted by atomic mass is 35.5. The molecule has 2 aromatic rings. The Kier molecular flexibility index (Phi) is 9.74. The number of anilines is 3. The Morgan fingerprint density at radius 2 is 1.95 bits per heavy atom. The van der Waals surface area contributed by atoms with Crippen molar-refractivity contribution in [2.24, 2.45) is 5.92 Å². The number of halogens is 3. The van der Waals surface area contributed by atoms with Crippen molar-refractivity contribution in [1.82, 2.24) is 19.6 Å². The lowest BCUT2D eigenvalue weighted by molar-refractivity contribution is -0.0133. The van der Waals surface area contributed by atoms with Crippen LogP contribution in [-0.2, 0) is 24.1 Å². The molecule has 2 aliphatic rings. The third kappa shape index (κ3) is 7.95. The van der Waals surface area contributed by atoms with Crippen molar-refractivity contribution in [2.45, 2.75) is 57.4 Å². The van der Waals surface area contributed by atoms with Crippen LogP contribution in [0.25, 0.3) is 0 Å². The first-order chi connectivity index (χ1) is 18.1. The largest absolute Gasteiger partial charge is 0.495 e. The van der Waals surface area contributed by atoms with Gasteiger partial charge in [0.2, 0.25) is 17.2 Å². The van der Waals surface area contributed by atoms with Gasteiger partial charge in [0.1, 0.15) is 10.8 Å². The van der Waals surface area contributed by atoms with E-state index >= 15 is 0 Å². The van der Waals surface area contributed by atoms with Gasteiger partial charge >= 0.3 is 0 Å². The summed E-state index contributed by atoms with van der Waals surface area (Å²) in [5.74, 6) is -1.15. The van der Waals surface area contributed by atoms with Crippen molar-refractivity contribution in [3.8, 4) is 5.75 Å². The monoisotopic (exact) mass is 572 g/mol. The van der Waals surface area contributed by atoms with Crippen molar-refractivity contribution in [2.75, 3.05) is 43.9 Å². The summed E-state index contributed by atoms with van der Waals surface area (Å²) in [4.78, 5) is 10.7. The summed E-state index contributed by atoms with van der Waals surface area (Å²) in [6, 6.07) is 3.97. The molecule has 1 saturated carbocycles. The summed E-state index contributed by atoms with van der Waals surface area (Å²) in [6.07, 6.45) is 6.76. The molecule has 0 saturated heterocycles. The average molecular weight is 573 g/mol. The molecule has 0 bridgehead atoms. The van der Waals surface area contributed by atoms with Gasteiger partial charge in [0.05, 0.1) is 25.5 Å². The second kappa shape index (κ2) is 12.8. The molecule has 1 fully saturated rings. The Hall–Kier alpha value is -2.12. The minimum absolute atomic E-state index is 0.0422. The summed E-state index contributed by atoms with van der Waals surface area (Å²) in [6.45, 7) is 2.22. The SMILES string of the molecule is COc1cc2c(cc1Nc1ncc(Cl)c(N[C@@H]3CCCC[C@@H]3CNS(=O)O)n1)CCN(CC(C)(F)F)CC2. The molecular formula is C25H35ClF2N6O3S. The van der Waals surface area contributed by atoms with Crippen molar-refractivity contribution in [3.05, 3.63) is 34.5 Å². The van der Waals surface area contributed by atoms with Gasteiger partial charge in [-0.3, -0.25) is 9.45 Å². The first-order valence-corrected chi connectivity index (χ1v) is 14.3. The van der Waals surface area contributed by atoms with Crippen LogP contribution in [0.15, 0.2) is 18.3 Å². The number of ether oxygens (including phenoxy) is 1. The zero-order chi connectivity index (χ0) is 27.3. The molecular weight excluding hydrogens is 538 g/mol. The van der Waals surface area contributed by atoms with Crippen LogP contribution < -0.4 is 20.1 Å². The third-order valence-corrected chi connectivity index (χ3v) is 7.80. The first-order valence-electron chi connectivity index (χ1n) is 12.8. The molecule has 9 nitrogen and oxygen atoms in total. The molecule has 1 aliphatic heterocycles. The number of hydrogen-bond acceptors (Lipinski definition) is 7. The maximum Gasteiger partial charge on any atom is 0.257 e. The Labute approximate surface area is 229 Å². The van der Waals surface area contributed by atoms with E-state index in [1.807, 2.05) is 12.1 Å². The Morgan fingerprint density at radius 1 is 1.24 bits per heavy atom. The van der Waals surface area contributed by atoms with E-state index in [0.29, 0.717) is 60.7 Å². The molecule has 13 heteroatoms. The smallest absolute Gasteiger partial charge is 0.257 e. The van der Waals surface area contributed by atoms with E-state index in [1.165, 1.54) is 6.20 Å². The summed E-state index contributed by atoms with van der Waals surface area (Å²) >= 11 is 4.36. The van der Waals surface area contributed by atoms with Crippen LogP contribution in [-0.4, -0.2) is 68.9 Å². The molecule has 1 aromatic carbocycles. The zero-order valence-corrected chi connectivity index (χ0v) is 23.2. The van der Waals surface area contributed by atoms with Crippen LogP contribution in [0.1, 0.15) is 43.7 Å². The highest BCUT2D eigenvalue weighted by Crippen LogP contribution is 2.34. The van der Waals surface area contributed by atoms with Crippen molar-refractivity contribution >= 4 is 40.3 Å². The van der Waals surface area contributed by atoms with Gasteiger partial charge < -0.3 is 15.4 Å². The highest BCUT2D eigenvalue weighted by Gasteiger charge is 2.28. The molecule has 4 rings (SSSR count). The quantitative estimate of drug-likeness (QED) is 0.305. The van der Waals surface area contributed by atoms with Gasteiger partial charge in [-0.05, 0) is 54.9 Å². The number of alkyl halides is 2. The standard InChI is InChI=1S/C25H35ClF2N6O3S/c1-25(27,28)15-34-9-7-16-11-21(22(37-2)12-17(16)8-10-34)32-24-29-14-19(26)23(33-24)31-20-6-4-3-5-18(20)13-30-38(35)36/h11-12,14,18,20,30H,3-10,13,15H2,1-2H3,(H,35,36)(H2,29,31,32,33)/t18-,20-/m1/s1. The van der Waals surface area contributed by atoms with Crippen molar-refractivity contribution in [3.63, 3.8) is 0 Å². The highest BCUT2D eigenvalue weighted by molar-refractivity contribution is 7.77. The molecule has 0 amide bonds. The fourth-order valence-corrected chi connectivity index (χ4v) is 5.77. The minimum atomic E-state index is -2.73. The molecule has 38 heavy (non-hydrogen) atoms. The second-order valence-corrected chi connectivity index (χ2v) is 11.3. The molecule has 2 heterocycles. The topological polar surface area (TPSA) is 112 Å². The van der Waals surface area contributed by atoms with Gasteiger partial charge in [0.25, 0.3) is 5.92 Å². The number of methoxy groups -OCH3 is 1. The van der Waals surface area contributed by atoms with E-state index in [1.54, 1.807) is 12.0 Å². The Bertz CT molecular complexity index is 1140. The number of fused-ring (bicyclic) bond motifs is 1. The normalized spacial score (nSPS) is 21.3. The van der Waals surface area contributed by atoms with Gasteiger partial charge in [0.15, 0.2) is 5.82 Å². The van der Waals surface area contributed by atoms with Crippen LogP contribution in [0.2, 0.25) is 5.02 Å². The molecule has 0 radical (unpaired) electrons. The lowest BCUT2D eigenvalue weighted by Crippen LogP contribution is -2.39. The number of rotatable bonds is 10. The van der Waals surface area contributed by atoms with E-state index in [0.717, 1.165) is 43.7 Å². The number of hydrogen-bond donors (Lipinski definition) is 4. The summed E-state index contributed by atoms with van der Waals surface area (Å²) in [7, 11) is 1.58. The van der Waals surface area contributed by atoms with Crippen molar-refractivity contribution < 1.29 is 22.3 Å². The van der Waals surface area contributed by atoms with Crippen LogP contribution in [0.4, 0.5) is 26.2 Å². The number of aromatic nitrogens is 2. The lowest BCUT2D eigenvalue weighted by atomic mass is 9.84. The van der Waals surface area contributed by atoms with Crippen LogP contribution in [0.3, 0.4) is 0 Å². The lowest BCUT2D eigenvalue weighted by Gasteiger charge is -2.32. The van der Waals surface area contributed by atoms with Gasteiger partial charge in [-0.15, -0.1) is 0 Å². The third-order valence-electron chi connectivity index (χ3n) is 7.11. The van der Waals surface area contributed by atoms with Gasteiger partial charge in [0, 0.05) is 32.6 Å². The molecule has 1 aliphatic carbocycles. The van der Waals surface area contributed by atoms with E-state index in [9.17, 15) is 13.0 Å². The Balaban J connectivity index is 1.50. The van der Waals surface area contributed by atoms with E-state index in [4.69, 9.17) is 20.9 Å². The van der Waals surface area contributed by atoms with Crippen LogP contribution in [0.5, 0.6) is 5.75 Å². The molecule has 0 spiro atoms. The predicted octanol–water partition coefficient (Wildman–Crippen LogP) is 4.64. The maximum absolute atomic E-state index is 13.6.